The van der Waals surface area contributed by atoms with Gasteiger partial charge in [0.25, 0.3) is 0 Å². The van der Waals surface area contributed by atoms with Crippen LogP contribution in [0.25, 0.3) is 0 Å². The first-order valence-electron chi connectivity index (χ1n) is 4.61. The van der Waals surface area contributed by atoms with Gasteiger partial charge in [-0.15, -0.1) is 0 Å². The fourth-order valence-electron chi connectivity index (χ4n) is 2.54. The Balaban J connectivity index is 2.08. The number of oxime groups is 1. The second-order valence-corrected chi connectivity index (χ2v) is 3.86. The molecule has 0 heterocycles. The van der Waals surface area contributed by atoms with Crippen LogP contribution in [0.5, 0.6) is 0 Å². The quantitative estimate of drug-likeness (QED) is 0.420. The maximum absolute atomic E-state index is 8.69. The van der Waals surface area contributed by atoms with Crippen LogP contribution in [-0.4, -0.2) is 10.9 Å². The predicted octanol–water partition coefficient (Wildman–Crippen LogP) is 2.42. The first-order chi connectivity index (χ1) is 5.40. The Morgan fingerprint density at radius 3 is 3.00 bits per heavy atom. The van der Waals surface area contributed by atoms with Crippen molar-refractivity contribution in [3.8, 4) is 0 Å². The molecular formula is C9H15NO. The third kappa shape index (κ3) is 1.26. The van der Waals surface area contributed by atoms with Gasteiger partial charge in [-0.1, -0.05) is 18.0 Å². The molecule has 2 nitrogen and oxygen atoms in total. The minimum absolute atomic E-state index is 0.632. The van der Waals surface area contributed by atoms with Crippen molar-refractivity contribution >= 4 is 5.71 Å². The van der Waals surface area contributed by atoms with E-state index in [0.717, 1.165) is 18.1 Å². The molecule has 0 aromatic heterocycles. The van der Waals surface area contributed by atoms with Gasteiger partial charge in [0.15, 0.2) is 0 Å². The topological polar surface area (TPSA) is 32.6 Å². The van der Waals surface area contributed by atoms with Gasteiger partial charge >= 0.3 is 0 Å². The summed E-state index contributed by atoms with van der Waals surface area (Å²) in [4.78, 5) is 0. The van der Waals surface area contributed by atoms with Gasteiger partial charge in [-0.3, -0.25) is 0 Å². The number of fused-ring (bicyclic) bond motifs is 2. The van der Waals surface area contributed by atoms with Gasteiger partial charge in [0.1, 0.15) is 0 Å². The fourth-order valence-corrected chi connectivity index (χ4v) is 2.54. The predicted molar refractivity (Wildman–Crippen MR) is 43.9 cm³/mol. The molecule has 62 valence electrons. The van der Waals surface area contributed by atoms with Crippen molar-refractivity contribution < 1.29 is 5.21 Å². The third-order valence-electron chi connectivity index (χ3n) is 3.19. The molecule has 2 unspecified atom stereocenters. The molecule has 2 aliphatic rings. The van der Waals surface area contributed by atoms with Crippen LogP contribution in [0.4, 0.5) is 0 Å². The Morgan fingerprint density at radius 1 is 1.27 bits per heavy atom. The number of hydrogen-bond donors (Lipinski definition) is 1. The van der Waals surface area contributed by atoms with Crippen molar-refractivity contribution in [3.63, 3.8) is 0 Å². The number of rotatable bonds is 0. The Labute approximate surface area is 67.3 Å². The lowest BCUT2D eigenvalue weighted by Gasteiger charge is -2.34. The first kappa shape index (κ1) is 7.14. The minimum atomic E-state index is 0.632. The summed E-state index contributed by atoms with van der Waals surface area (Å²) in [5, 5.41) is 12.1. The molecule has 2 atom stereocenters. The lowest BCUT2D eigenvalue weighted by atomic mass is 9.71. The van der Waals surface area contributed by atoms with Crippen LogP contribution in [0.2, 0.25) is 0 Å². The third-order valence-corrected chi connectivity index (χ3v) is 3.19. The van der Waals surface area contributed by atoms with Gasteiger partial charge in [0, 0.05) is 5.92 Å². The Morgan fingerprint density at radius 2 is 2.18 bits per heavy atom. The van der Waals surface area contributed by atoms with E-state index >= 15 is 0 Å². The van der Waals surface area contributed by atoms with Gasteiger partial charge in [-0.25, -0.2) is 0 Å². The van der Waals surface area contributed by atoms with Crippen LogP contribution in [0.1, 0.15) is 38.5 Å². The molecule has 2 aliphatic carbocycles. The van der Waals surface area contributed by atoms with Gasteiger partial charge in [0.2, 0.25) is 0 Å². The Kier molecular flexibility index (Phi) is 1.84. The van der Waals surface area contributed by atoms with E-state index < -0.39 is 0 Å². The minimum Gasteiger partial charge on any atom is -0.411 e. The summed E-state index contributed by atoms with van der Waals surface area (Å²) in [6.07, 6.45) is 7.61. The second kappa shape index (κ2) is 2.84. The zero-order chi connectivity index (χ0) is 7.68. The van der Waals surface area contributed by atoms with Crippen molar-refractivity contribution in [2.24, 2.45) is 17.0 Å². The van der Waals surface area contributed by atoms with Crippen LogP contribution in [0, 0.1) is 11.8 Å². The standard InChI is InChI=1S/C9H15NO/c11-10-9-5-4-7-2-1-3-8(9)6-7/h7-8,11H,1-6H2. The maximum atomic E-state index is 8.69. The molecule has 2 fully saturated rings. The molecule has 0 aliphatic heterocycles. The van der Waals surface area contributed by atoms with Crippen molar-refractivity contribution in [3.05, 3.63) is 0 Å². The van der Waals surface area contributed by atoms with E-state index in [1.54, 1.807) is 0 Å². The van der Waals surface area contributed by atoms with Gasteiger partial charge < -0.3 is 5.21 Å². The highest BCUT2D eigenvalue weighted by atomic mass is 16.4. The summed E-state index contributed by atoms with van der Waals surface area (Å²) >= 11 is 0. The molecular weight excluding hydrogens is 138 g/mol. The average Bonchev–Trinajstić information content (AvgIpc) is 2.06. The van der Waals surface area contributed by atoms with Crippen molar-refractivity contribution in [1.29, 1.82) is 0 Å². The van der Waals surface area contributed by atoms with Crippen molar-refractivity contribution in [2.45, 2.75) is 38.5 Å². The summed E-state index contributed by atoms with van der Waals surface area (Å²) in [5.41, 5.74) is 1.07. The zero-order valence-electron chi connectivity index (χ0n) is 6.79. The highest BCUT2D eigenvalue weighted by molar-refractivity contribution is 5.87. The molecule has 2 saturated carbocycles. The normalized spacial score (nSPS) is 40.9. The van der Waals surface area contributed by atoms with Crippen LogP contribution >= 0.6 is 0 Å². The Hall–Kier alpha value is -0.530. The SMILES string of the molecule is ON=C1CCC2CCCC1C2. The largest absolute Gasteiger partial charge is 0.411 e. The van der Waals surface area contributed by atoms with Crippen LogP contribution in [0.15, 0.2) is 5.16 Å². The number of nitrogens with zero attached hydrogens (tertiary/aromatic N) is 1. The van der Waals surface area contributed by atoms with Crippen LogP contribution < -0.4 is 0 Å². The van der Waals surface area contributed by atoms with Crippen LogP contribution in [0.3, 0.4) is 0 Å². The fraction of sp³-hybridized carbons (Fsp3) is 0.889. The molecule has 0 aromatic rings. The molecule has 2 heteroatoms. The average molecular weight is 153 g/mol. The molecule has 2 rings (SSSR count). The number of hydrogen-bond acceptors (Lipinski definition) is 2. The molecule has 0 amide bonds. The van der Waals surface area contributed by atoms with E-state index in [2.05, 4.69) is 5.16 Å². The second-order valence-electron chi connectivity index (χ2n) is 3.86. The van der Waals surface area contributed by atoms with E-state index in [-0.39, 0.29) is 0 Å². The van der Waals surface area contributed by atoms with Crippen LogP contribution in [-0.2, 0) is 0 Å². The van der Waals surface area contributed by atoms with E-state index in [1.165, 1.54) is 32.1 Å². The van der Waals surface area contributed by atoms with E-state index in [9.17, 15) is 0 Å². The summed E-state index contributed by atoms with van der Waals surface area (Å²) < 4.78 is 0. The van der Waals surface area contributed by atoms with Crippen molar-refractivity contribution in [2.75, 3.05) is 0 Å². The summed E-state index contributed by atoms with van der Waals surface area (Å²) in [6, 6.07) is 0. The lowest BCUT2D eigenvalue weighted by Crippen LogP contribution is -2.28. The maximum Gasteiger partial charge on any atom is 0.0601 e. The highest BCUT2D eigenvalue weighted by Gasteiger charge is 2.30. The molecule has 0 radical (unpaired) electrons. The van der Waals surface area contributed by atoms with Gasteiger partial charge in [-0.05, 0) is 31.6 Å². The molecule has 0 spiro atoms. The van der Waals surface area contributed by atoms with Crippen molar-refractivity contribution in [1.82, 2.24) is 0 Å². The Bertz CT molecular complexity index is 176. The van der Waals surface area contributed by atoms with E-state index in [1.807, 2.05) is 0 Å². The zero-order valence-corrected chi connectivity index (χ0v) is 6.79. The van der Waals surface area contributed by atoms with E-state index in [4.69, 9.17) is 5.21 Å². The first-order valence-corrected chi connectivity index (χ1v) is 4.61. The monoisotopic (exact) mass is 153 g/mol. The lowest BCUT2D eigenvalue weighted by molar-refractivity contribution is 0.257. The molecule has 11 heavy (non-hydrogen) atoms. The van der Waals surface area contributed by atoms with Gasteiger partial charge in [-0.2, -0.15) is 0 Å². The molecule has 1 N–H and O–H groups in total. The van der Waals surface area contributed by atoms with E-state index in [0.29, 0.717) is 5.92 Å². The molecule has 0 aromatic carbocycles. The smallest absolute Gasteiger partial charge is 0.0601 e. The van der Waals surface area contributed by atoms with Gasteiger partial charge in [0.05, 0.1) is 5.71 Å². The summed E-state index contributed by atoms with van der Waals surface area (Å²) in [7, 11) is 0. The molecule has 2 bridgehead atoms. The highest BCUT2D eigenvalue weighted by Crippen LogP contribution is 2.38. The summed E-state index contributed by atoms with van der Waals surface area (Å²) in [5.74, 6) is 1.58. The summed E-state index contributed by atoms with van der Waals surface area (Å²) in [6.45, 7) is 0. The molecule has 0 saturated heterocycles.